The monoisotopic (exact) mass is 490 g/mol. The molecule has 5 rings (SSSR count). The van der Waals surface area contributed by atoms with E-state index in [-0.39, 0.29) is 0 Å². The largest absolute Gasteiger partial charge is 0.255 e. The minimum Gasteiger partial charge on any atom is -0.255 e. The molecule has 2 nitrogen and oxygen atoms in total. The Bertz CT molecular complexity index is 1500. The first-order valence-corrected chi connectivity index (χ1v) is 13.6. The molecule has 172 valence electrons. The van der Waals surface area contributed by atoms with Crippen molar-refractivity contribution in [1.29, 1.82) is 0 Å². The number of aryl methyl sites for hydroxylation is 2. The second-order valence-electron chi connectivity index (χ2n) is 8.43. The molecule has 35 heavy (non-hydrogen) atoms. The van der Waals surface area contributed by atoms with Gasteiger partial charge in [-0.15, -0.1) is 23.1 Å². The highest BCUT2D eigenvalue weighted by Gasteiger charge is 2.14. The Morgan fingerprint density at radius 3 is 2.23 bits per heavy atom. The van der Waals surface area contributed by atoms with E-state index in [1.807, 2.05) is 18.5 Å². The van der Waals surface area contributed by atoms with Crippen molar-refractivity contribution in [2.24, 2.45) is 0 Å². The highest BCUT2D eigenvalue weighted by molar-refractivity contribution is 7.98. The number of thioether (sulfide) groups is 1. The molecule has 0 N–H and O–H groups in total. The first-order valence-electron chi connectivity index (χ1n) is 11.5. The van der Waals surface area contributed by atoms with Crippen molar-refractivity contribution in [3.63, 3.8) is 0 Å². The van der Waals surface area contributed by atoms with Crippen LogP contribution in [-0.2, 0) is 0 Å². The van der Waals surface area contributed by atoms with Gasteiger partial charge in [-0.05, 0) is 66.4 Å². The molecule has 4 heteroatoms. The fourth-order valence-corrected chi connectivity index (χ4v) is 5.73. The van der Waals surface area contributed by atoms with Crippen molar-refractivity contribution in [2.45, 2.75) is 18.7 Å². The van der Waals surface area contributed by atoms with Crippen LogP contribution in [0.25, 0.3) is 45.1 Å². The highest BCUT2D eigenvalue weighted by atomic mass is 32.2. The van der Waals surface area contributed by atoms with Gasteiger partial charge in [0.1, 0.15) is 0 Å². The van der Waals surface area contributed by atoms with E-state index in [2.05, 4.69) is 104 Å². The maximum Gasteiger partial charge on any atom is 0.0790 e. The SMILES string of the molecule is CSc1ccccc1-c1ncc(-c2ncc(-c3sccc3C)cc2C=Cc2ccccc2)cc1C. The predicted molar refractivity (Wildman–Crippen MR) is 153 cm³/mol. The van der Waals surface area contributed by atoms with Crippen molar-refractivity contribution < 1.29 is 0 Å². The minimum absolute atomic E-state index is 0.940. The lowest BCUT2D eigenvalue weighted by molar-refractivity contribution is 1.23. The molecule has 0 spiro atoms. The number of rotatable bonds is 6. The lowest BCUT2D eigenvalue weighted by Crippen LogP contribution is -1.95. The summed E-state index contributed by atoms with van der Waals surface area (Å²) < 4.78 is 0. The van der Waals surface area contributed by atoms with Crippen molar-refractivity contribution in [3.8, 4) is 33.0 Å². The van der Waals surface area contributed by atoms with Gasteiger partial charge in [0.25, 0.3) is 0 Å². The van der Waals surface area contributed by atoms with Gasteiger partial charge < -0.3 is 0 Å². The summed E-state index contributed by atoms with van der Waals surface area (Å²) in [5.41, 5.74) is 9.95. The van der Waals surface area contributed by atoms with Crippen LogP contribution in [0.4, 0.5) is 0 Å². The predicted octanol–water partition coefficient (Wildman–Crippen LogP) is 9.05. The Hall–Kier alpha value is -3.47. The van der Waals surface area contributed by atoms with Gasteiger partial charge in [0.2, 0.25) is 0 Å². The van der Waals surface area contributed by atoms with E-state index in [9.17, 15) is 0 Å². The van der Waals surface area contributed by atoms with Crippen LogP contribution in [0.15, 0.2) is 95.5 Å². The summed E-state index contributed by atoms with van der Waals surface area (Å²) in [7, 11) is 0. The molecule has 2 aromatic carbocycles. The summed E-state index contributed by atoms with van der Waals surface area (Å²) in [6, 6.07) is 25.4. The number of benzene rings is 2. The molecule has 5 aromatic rings. The van der Waals surface area contributed by atoms with E-state index in [1.165, 1.54) is 20.9 Å². The summed E-state index contributed by atoms with van der Waals surface area (Å²) in [5.74, 6) is 0. The quantitative estimate of drug-likeness (QED) is 0.222. The van der Waals surface area contributed by atoms with Gasteiger partial charge in [-0.2, -0.15) is 0 Å². The molecule has 0 aliphatic heterocycles. The Morgan fingerprint density at radius 1 is 0.743 bits per heavy atom. The molecule has 0 unspecified atom stereocenters. The average Bonchev–Trinajstić information content (AvgIpc) is 3.33. The van der Waals surface area contributed by atoms with Crippen LogP contribution in [0, 0.1) is 13.8 Å². The van der Waals surface area contributed by atoms with Crippen LogP contribution in [0.1, 0.15) is 22.3 Å². The Morgan fingerprint density at radius 2 is 1.49 bits per heavy atom. The van der Waals surface area contributed by atoms with Gasteiger partial charge in [-0.3, -0.25) is 9.97 Å². The molecular formula is C31H26N2S2. The van der Waals surface area contributed by atoms with Crippen LogP contribution < -0.4 is 0 Å². The van der Waals surface area contributed by atoms with Crippen LogP contribution in [-0.4, -0.2) is 16.2 Å². The normalized spacial score (nSPS) is 11.3. The Kier molecular flexibility index (Phi) is 6.94. The molecule has 3 heterocycles. The third-order valence-corrected chi connectivity index (χ3v) is 7.87. The summed E-state index contributed by atoms with van der Waals surface area (Å²) in [6.07, 6.45) is 10.4. The van der Waals surface area contributed by atoms with Crippen molar-refractivity contribution in [3.05, 3.63) is 113 Å². The number of hydrogen-bond acceptors (Lipinski definition) is 4. The number of thiophene rings is 1. The Balaban J connectivity index is 1.60. The fourth-order valence-electron chi connectivity index (χ4n) is 4.22. The molecule has 0 aliphatic rings. The molecule has 0 saturated carbocycles. The topological polar surface area (TPSA) is 25.8 Å². The second kappa shape index (κ2) is 10.4. The van der Waals surface area contributed by atoms with E-state index in [0.29, 0.717) is 0 Å². The number of pyridine rings is 2. The van der Waals surface area contributed by atoms with Crippen molar-refractivity contribution >= 4 is 35.3 Å². The van der Waals surface area contributed by atoms with Gasteiger partial charge in [0.15, 0.2) is 0 Å². The first kappa shape index (κ1) is 23.3. The lowest BCUT2D eigenvalue weighted by atomic mass is 9.99. The Labute approximate surface area is 215 Å². The van der Waals surface area contributed by atoms with Crippen molar-refractivity contribution in [1.82, 2.24) is 9.97 Å². The molecule has 0 fully saturated rings. The third-order valence-electron chi connectivity index (χ3n) is 6.01. The van der Waals surface area contributed by atoms with Crippen LogP contribution in [0.2, 0.25) is 0 Å². The molecule has 0 atom stereocenters. The molecule has 0 saturated heterocycles. The second-order valence-corrected chi connectivity index (χ2v) is 10.2. The zero-order chi connectivity index (χ0) is 24.2. The van der Waals surface area contributed by atoms with E-state index in [4.69, 9.17) is 9.97 Å². The summed E-state index contributed by atoms with van der Waals surface area (Å²) in [6.45, 7) is 4.28. The fraction of sp³-hybridized carbons (Fsp3) is 0.0968. The van der Waals surface area contributed by atoms with Crippen molar-refractivity contribution in [2.75, 3.05) is 6.26 Å². The standard InChI is InChI=1S/C31H26N2S2/c1-21-15-16-35-31(21)26-18-24(14-13-23-9-5-4-6-10-23)30(33-20-26)25-17-22(2)29(32-19-25)27-11-7-8-12-28(27)34-3/h4-20H,1-3H3. The highest BCUT2D eigenvalue weighted by Crippen LogP contribution is 2.35. The van der Waals surface area contributed by atoms with E-state index >= 15 is 0 Å². The maximum atomic E-state index is 4.95. The minimum atomic E-state index is 0.940. The van der Waals surface area contributed by atoms with Gasteiger partial charge in [-0.25, -0.2) is 0 Å². The number of aromatic nitrogens is 2. The molecular weight excluding hydrogens is 464 g/mol. The van der Waals surface area contributed by atoms with E-state index < -0.39 is 0 Å². The van der Waals surface area contributed by atoms with Crippen LogP contribution in [0.3, 0.4) is 0 Å². The summed E-state index contributed by atoms with van der Waals surface area (Å²) in [4.78, 5) is 12.3. The lowest BCUT2D eigenvalue weighted by Gasteiger charge is -2.13. The van der Waals surface area contributed by atoms with Gasteiger partial charge in [-0.1, -0.05) is 60.7 Å². The number of hydrogen-bond donors (Lipinski definition) is 0. The zero-order valence-corrected chi connectivity index (χ0v) is 21.7. The molecule has 0 bridgehead atoms. The van der Waals surface area contributed by atoms with Gasteiger partial charge in [0, 0.05) is 44.4 Å². The molecule has 3 aromatic heterocycles. The average molecular weight is 491 g/mol. The maximum absolute atomic E-state index is 4.95. The van der Waals surface area contributed by atoms with E-state index in [0.717, 1.165) is 39.2 Å². The van der Waals surface area contributed by atoms with Crippen LogP contribution >= 0.6 is 23.1 Å². The third kappa shape index (κ3) is 5.00. The number of nitrogens with zero attached hydrogens (tertiary/aromatic N) is 2. The van der Waals surface area contributed by atoms with Gasteiger partial charge >= 0.3 is 0 Å². The zero-order valence-electron chi connectivity index (χ0n) is 20.0. The first-order chi connectivity index (χ1) is 17.1. The van der Waals surface area contributed by atoms with Crippen LogP contribution in [0.5, 0.6) is 0 Å². The molecule has 0 radical (unpaired) electrons. The molecule has 0 amide bonds. The smallest absolute Gasteiger partial charge is 0.0790 e. The summed E-state index contributed by atoms with van der Waals surface area (Å²) >= 11 is 3.50. The molecule has 0 aliphatic carbocycles. The van der Waals surface area contributed by atoms with E-state index in [1.54, 1.807) is 23.1 Å². The van der Waals surface area contributed by atoms with Gasteiger partial charge in [0.05, 0.1) is 11.4 Å². The summed E-state index contributed by atoms with van der Waals surface area (Å²) in [5, 5.41) is 2.14.